The smallest absolute Gasteiger partial charge is 0.274 e. The lowest BCUT2D eigenvalue weighted by atomic mass is 9.95. The number of benzene rings is 4. The number of fused-ring (bicyclic) bond motifs is 5. The van der Waals surface area contributed by atoms with Crippen LogP contribution in [0, 0.1) is 0 Å². The molecule has 210 valence electrons. The molecule has 6 heteroatoms. The number of carbonyl (C=O) groups is 2. The van der Waals surface area contributed by atoms with Crippen LogP contribution >= 0.6 is 0 Å². The van der Waals surface area contributed by atoms with Crippen molar-refractivity contribution < 1.29 is 14.3 Å². The fourth-order valence-electron chi connectivity index (χ4n) is 6.71. The first-order chi connectivity index (χ1) is 20.4. The largest absolute Gasteiger partial charge is 0.496 e. The fraction of sp³-hybridized carbons (Fsp3) is 0.222. The van der Waals surface area contributed by atoms with Crippen molar-refractivity contribution in [3.05, 3.63) is 107 Å². The highest BCUT2D eigenvalue weighted by Crippen LogP contribution is 2.45. The predicted octanol–water partition coefficient (Wildman–Crippen LogP) is 7.46. The van der Waals surface area contributed by atoms with E-state index in [1.165, 1.54) is 11.1 Å². The highest BCUT2D eigenvalue weighted by molar-refractivity contribution is 6.12. The molecular formula is C36H33N3O3. The number of aromatic nitrogens is 1. The summed E-state index contributed by atoms with van der Waals surface area (Å²) >= 11 is 0. The van der Waals surface area contributed by atoms with E-state index in [9.17, 15) is 9.59 Å². The van der Waals surface area contributed by atoms with Crippen molar-refractivity contribution in [1.82, 2.24) is 4.57 Å². The predicted molar refractivity (Wildman–Crippen MR) is 169 cm³/mol. The highest BCUT2D eigenvalue weighted by atomic mass is 16.5. The minimum absolute atomic E-state index is 0.0514. The number of nitrogens with one attached hydrogen (secondary N) is 1. The molecule has 7 rings (SSSR count). The third-order valence-corrected chi connectivity index (χ3v) is 8.82. The zero-order valence-corrected chi connectivity index (χ0v) is 24.1. The van der Waals surface area contributed by atoms with Crippen LogP contribution in [0.4, 0.5) is 11.4 Å². The van der Waals surface area contributed by atoms with Gasteiger partial charge in [0.05, 0.1) is 12.8 Å². The van der Waals surface area contributed by atoms with Crippen LogP contribution in [-0.4, -0.2) is 30.0 Å². The summed E-state index contributed by atoms with van der Waals surface area (Å²) in [6.45, 7) is 2.77. The maximum absolute atomic E-state index is 14.1. The Morgan fingerprint density at radius 1 is 0.929 bits per heavy atom. The maximum Gasteiger partial charge on any atom is 0.274 e. The second-order valence-electron chi connectivity index (χ2n) is 11.4. The summed E-state index contributed by atoms with van der Waals surface area (Å²) in [5.41, 5.74) is 7.51. The first-order valence-corrected chi connectivity index (χ1v) is 14.5. The standard InChI is InChI=1S/C36H33N3O3/c1-22-21-39(31-20-33(42-3)28-13-6-7-14-29(28)34(22)31)36(41)32-19-26-18-27(15-16-30(26)38(32)2)37-35(40)25-12-8-11-23-9-4-5-10-24(23)17-25/h4-7,9-10,13-20,22H,8,11-12,21H2,1-3H3,(H,37,40)/t22-/m1/s1. The zero-order valence-electron chi connectivity index (χ0n) is 24.1. The van der Waals surface area contributed by atoms with E-state index in [4.69, 9.17) is 4.74 Å². The molecule has 2 amide bonds. The van der Waals surface area contributed by atoms with Crippen LogP contribution < -0.4 is 15.0 Å². The Bertz CT molecular complexity index is 1930. The van der Waals surface area contributed by atoms with Crippen LogP contribution in [0.15, 0.2) is 84.4 Å². The van der Waals surface area contributed by atoms with Gasteiger partial charge in [0.1, 0.15) is 11.4 Å². The Hall–Kier alpha value is -4.84. The molecule has 6 nitrogen and oxygen atoms in total. The molecule has 1 aromatic heterocycles. The van der Waals surface area contributed by atoms with Crippen molar-refractivity contribution in [3.8, 4) is 5.75 Å². The molecule has 1 atom stereocenters. The van der Waals surface area contributed by atoms with E-state index in [0.29, 0.717) is 17.9 Å². The third-order valence-electron chi connectivity index (χ3n) is 8.82. The van der Waals surface area contributed by atoms with Crippen LogP contribution in [-0.2, 0) is 18.3 Å². The number of hydrogen-bond acceptors (Lipinski definition) is 3. The topological polar surface area (TPSA) is 63.6 Å². The van der Waals surface area contributed by atoms with Gasteiger partial charge in [-0.15, -0.1) is 0 Å². The number of hydrogen-bond donors (Lipinski definition) is 1. The minimum atomic E-state index is -0.0814. The van der Waals surface area contributed by atoms with Crippen LogP contribution in [0.1, 0.15) is 52.9 Å². The lowest BCUT2D eigenvalue weighted by Gasteiger charge is -2.19. The average Bonchev–Trinajstić information content (AvgIpc) is 3.41. The van der Waals surface area contributed by atoms with Gasteiger partial charge >= 0.3 is 0 Å². The van der Waals surface area contributed by atoms with Crippen molar-refractivity contribution in [2.75, 3.05) is 23.9 Å². The average molecular weight is 556 g/mol. The molecule has 5 aromatic rings. The highest BCUT2D eigenvalue weighted by Gasteiger charge is 2.34. The molecular weight excluding hydrogens is 522 g/mol. The maximum atomic E-state index is 14.1. The number of amides is 2. The summed E-state index contributed by atoms with van der Waals surface area (Å²) in [6.07, 6.45) is 4.67. The van der Waals surface area contributed by atoms with Crippen LogP contribution in [0.5, 0.6) is 5.75 Å². The number of anilines is 2. The molecule has 0 saturated carbocycles. The van der Waals surface area contributed by atoms with E-state index in [2.05, 4.69) is 36.5 Å². The Morgan fingerprint density at radius 3 is 2.55 bits per heavy atom. The number of ether oxygens (including phenoxy) is 1. The van der Waals surface area contributed by atoms with E-state index < -0.39 is 0 Å². The Labute approximate surface area is 245 Å². The first-order valence-electron chi connectivity index (χ1n) is 14.5. The molecule has 0 bridgehead atoms. The lowest BCUT2D eigenvalue weighted by molar-refractivity contribution is -0.112. The minimum Gasteiger partial charge on any atom is -0.496 e. The van der Waals surface area contributed by atoms with Crippen LogP contribution in [0.2, 0.25) is 0 Å². The SMILES string of the molecule is COc1cc2c(c3ccccc13)[C@H](C)CN2C(=O)c1cc2cc(NC(=O)C3=Cc4ccccc4CCC3)ccc2n1C. The molecule has 1 N–H and O–H groups in total. The van der Waals surface area contributed by atoms with Crippen LogP contribution in [0.25, 0.3) is 27.8 Å². The molecule has 0 unspecified atom stereocenters. The molecule has 0 saturated heterocycles. The molecule has 1 aliphatic heterocycles. The van der Waals surface area contributed by atoms with Gasteiger partial charge in [-0.05, 0) is 71.7 Å². The van der Waals surface area contributed by atoms with Crippen LogP contribution in [0.3, 0.4) is 0 Å². The van der Waals surface area contributed by atoms with Gasteiger partial charge in [0, 0.05) is 53.1 Å². The van der Waals surface area contributed by atoms with E-state index in [-0.39, 0.29) is 17.7 Å². The summed E-state index contributed by atoms with van der Waals surface area (Å²) in [6, 6.07) is 26.2. The summed E-state index contributed by atoms with van der Waals surface area (Å²) in [5, 5.41) is 6.19. The lowest BCUT2D eigenvalue weighted by Crippen LogP contribution is -2.31. The number of nitrogens with zero attached hydrogens (tertiary/aromatic N) is 2. The van der Waals surface area contributed by atoms with Gasteiger partial charge in [0.2, 0.25) is 0 Å². The van der Waals surface area contributed by atoms with Crippen molar-refractivity contribution in [2.45, 2.75) is 32.1 Å². The first kappa shape index (κ1) is 26.1. The second kappa shape index (κ2) is 10.2. The molecule has 1 aliphatic carbocycles. The van der Waals surface area contributed by atoms with Crippen molar-refractivity contribution in [3.63, 3.8) is 0 Å². The number of methoxy groups -OCH3 is 1. The molecule has 42 heavy (non-hydrogen) atoms. The van der Waals surface area contributed by atoms with Crippen molar-refractivity contribution in [1.29, 1.82) is 0 Å². The van der Waals surface area contributed by atoms with E-state index in [1.54, 1.807) is 7.11 Å². The molecule has 4 aromatic carbocycles. The van der Waals surface area contributed by atoms with E-state index >= 15 is 0 Å². The van der Waals surface area contributed by atoms with Gasteiger partial charge in [0.25, 0.3) is 11.8 Å². The summed E-state index contributed by atoms with van der Waals surface area (Å²) in [7, 11) is 3.59. The summed E-state index contributed by atoms with van der Waals surface area (Å²) in [5.74, 6) is 0.828. The van der Waals surface area contributed by atoms with Gasteiger partial charge in [-0.1, -0.05) is 55.5 Å². The molecule has 2 aliphatic rings. The van der Waals surface area contributed by atoms with Gasteiger partial charge in [-0.2, -0.15) is 0 Å². The fourth-order valence-corrected chi connectivity index (χ4v) is 6.71. The van der Waals surface area contributed by atoms with E-state index in [0.717, 1.165) is 63.5 Å². The molecule has 0 radical (unpaired) electrons. The van der Waals surface area contributed by atoms with Gasteiger partial charge < -0.3 is 19.5 Å². The second-order valence-corrected chi connectivity index (χ2v) is 11.4. The zero-order chi connectivity index (χ0) is 29.0. The van der Waals surface area contributed by atoms with Crippen molar-refractivity contribution in [2.24, 2.45) is 7.05 Å². The molecule has 0 spiro atoms. The number of aryl methyl sites for hydroxylation is 2. The third kappa shape index (κ3) is 4.26. The Kier molecular flexibility index (Phi) is 6.34. The Balaban J connectivity index is 1.19. The number of rotatable bonds is 4. The monoisotopic (exact) mass is 555 g/mol. The van der Waals surface area contributed by atoms with Crippen molar-refractivity contribution >= 4 is 50.9 Å². The van der Waals surface area contributed by atoms with Gasteiger partial charge in [0.15, 0.2) is 0 Å². The summed E-state index contributed by atoms with van der Waals surface area (Å²) < 4.78 is 7.66. The molecule has 0 fully saturated rings. The normalized spacial score (nSPS) is 16.1. The van der Waals surface area contributed by atoms with Gasteiger partial charge in [-0.3, -0.25) is 9.59 Å². The Morgan fingerprint density at radius 2 is 1.71 bits per heavy atom. The van der Waals surface area contributed by atoms with Gasteiger partial charge in [-0.25, -0.2) is 0 Å². The summed E-state index contributed by atoms with van der Waals surface area (Å²) in [4.78, 5) is 29.2. The quantitative estimate of drug-likeness (QED) is 0.250. The number of carbonyl (C=O) groups excluding carboxylic acids is 2. The van der Waals surface area contributed by atoms with E-state index in [1.807, 2.05) is 77.2 Å². The molecule has 2 heterocycles.